The summed E-state index contributed by atoms with van der Waals surface area (Å²) in [5.41, 5.74) is 24.3. The van der Waals surface area contributed by atoms with Crippen molar-refractivity contribution in [2.24, 2.45) is 0 Å². The maximum atomic E-state index is 2.64. The number of fused-ring (bicyclic) bond motifs is 18. The first-order valence-corrected chi connectivity index (χ1v) is 21.4. The Hall–Kier alpha value is -6.96. The van der Waals surface area contributed by atoms with Crippen LogP contribution < -0.4 is 4.90 Å². The maximum absolute atomic E-state index is 2.64. The average molecular weight is 766 g/mol. The molecule has 1 nitrogen and oxygen atoms in total. The van der Waals surface area contributed by atoms with Gasteiger partial charge in [-0.2, -0.15) is 0 Å². The van der Waals surface area contributed by atoms with Gasteiger partial charge in [0.2, 0.25) is 0 Å². The van der Waals surface area contributed by atoms with Crippen LogP contribution in [-0.2, 0) is 16.2 Å². The van der Waals surface area contributed by atoms with Crippen molar-refractivity contribution in [3.63, 3.8) is 0 Å². The highest BCUT2D eigenvalue weighted by Crippen LogP contribution is 2.65. The third kappa shape index (κ3) is 4.03. The first-order valence-electron chi connectivity index (χ1n) is 21.4. The largest absolute Gasteiger partial charge is 0.309 e. The SMILES string of the molecule is CC1(C)c2ccccc2-c2c(N(c3ccc4c(c3)C3(c5ccccc5-c5ccccc53)c3ccccc3-4)c3cc4ccccc4c4c3-c3ccccc3C4(C)C)cccc21. The Kier molecular flexibility index (Phi) is 6.57. The molecule has 0 saturated carbocycles. The molecular formula is C59H43N. The number of hydrogen-bond donors (Lipinski definition) is 0. The van der Waals surface area contributed by atoms with Gasteiger partial charge in [0, 0.05) is 27.6 Å². The van der Waals surface area contributed by atoms with Crippen LogP contribution in [0.3, 0.4) is 0 Å². The molecule has 1 heteroatoms. The summed E-state index contributed by atoms with van der Waals surface area (Å²) in [4.78, 5) is 2.64. The van der Waals surface area contributed by atoms with Gasteiger partial charge in [-0.1, -0.05) is 191 Å². The molecule has 0 aliphatic heterocycles. The highest BCUT2D eigenvalue weighted by molar-refractivity contribution is 6.08. The normalized spacial score (nSPS) is 15.7. The van der Waals surface area contributed by atoms with Crippen LogP contribution in [0, 0.1) is 0 Å². The van der Waals surface area contributed by atoms with Crippen molar-refractivity contribution in [1.29, 1.82) is 0 Å². The molecule has 9 aromatic rings. The summed E-state index contributed by atoms with van der Waals surface area (Å²) in [5.74, 6) is 0. The van der Waals surface area contributed by atoms with Gasteiger partial charge in [0.15, 0.2) is 0 Å². The lowest BCUT2D eigenvalue weighted by Gasteiger charge is -2.34. The van der Waals surface area contributed by atoms with Gasteiger partial charge in [0.05, 0.1) is 16.8 Å². The van der Waals surface area contributed by atoms with E-state index in [4.69, 9.17) is 0 Å². The van der Waals surface area contributed by atoms with Gasteiger partial charge < -0.3 is 4.90 Å². The molecule has 0 amide bonds. The van der Waals surface area contributed by atoms with E-state index < -0.39 is 5.41 Å². The van der Waals surface area contributed by atoms with E-state index in [1.165, 1.54) is 111 Å². The summed E-state index contributed by atoms with van der Waals surface area (Å²) in [6.45, 7) is 9.62. The van der Waals surface area contributed by atoms with Crippen molar-refractivity contribution < 1.29 is 0 Å². The Morgan fingerprint density at radius 3 is 1.45 bits per heavy atom. The highest BCUT2D eigenvalue weighted by Gasteiger charge is 2.52. The zero-order chi connectivity index (χ0) is 40.1. The lowest BCUT2D eigenvalue weighted by atomic mass is 9.70. The molecular weight excluding hydrogens is 723 g/mol. The summed E-state index contributed by atoms with van der Waals surface area (Å²) in [6, 6.07) is 71.6. The molecule has 60 heavy (non-hydrogen) atoms. The average Bonchev–Trinajstić information content (AvgIpc) is 3.92. The van der Waals surface area contributed by atoms with Crippen molar-refractivity contribution in [1.82, 2.24) is 0 Å². The molecule has 284 valence electrons. The molecule has 9 aromatic carbocycles. The number of anilines is 3. The zero-order valence-corrected chi connectivity index (χ0v) is 34.3. The van der Waals surface area contributed by atoms with E-state index in [0.717, 1.165) is 5.69 Å². The quantitative estimate of drug-likeness (QED) is 0.173. The van der Waals surface area contributed by atoms with Crippen LogP contribution in [0.1, 0.15) is 72.2 Å². The second kappa shape index (κ2) is 11.6. The first kappa shape index (κ1) is 34.0. The van der Waals surface area contributed by atoms with Gasteiger partial charge >= 0.3 is 0 Å². The topological polar surface area (TPSA) is 3.24 Å². The third-order valence-corrected chi connectivity index (χ3v) is 14.8. The second-order valence-corrected chi connectivity index (χ2v) is 18.4. The first-order chi connectivity index (χ1) is 29.3. The number of rotatable bonds is 3. The van der Waals surface area contributed by atoms with Crippen molar-refractivity contribution in [3.05, 3.63) is 233 Å². The Labute approximate surface area is 352 Å². The third-order valence-electron chi connectivity index (χ3n) is 14.8. The van der Waals surface area contributed by atoms with E-state index in [1.807, 2.05) is 0 Å². The Bertz CT molecular complexity index is 3280. The van der Waals surface area contributed by atoms with Gasteiger partial charge in [-0.3, -0.25) is 0 Å². The predicted molar refractivity (Wildman–Crippen MR) is 250 cm³/mol. The molecule has 0 fully saturated rings. The van der Waals surface area contributed by atoms with E-state index >= 15 is 0 Å². The fraction of sp³-hybridized carbons (Fsp3) is 0.119. The van der Waals surface area contributed by atoms with Crippen LogP contribution in [0.5, 0.6) is 0 Å². The maximum Gasteiger partial charge on any atom is 0.0726 e. The van der Waals surface area contributed by atoms with Gasteiger partial charge in [0.25, 0.3) is 0 Å². The van der Waals surface area contributed by atoms with Crippen molar-refractivity contribution in [2.75, 3.05) is 4.90 Å². The van der Waals surface area contributed by atoms with E-state index in [9.17, 15) is 0 Å². The standard InChI is InChI=1S/C59H43N/c1-57(2)45-25-12-10-23-43(45)54-50(57)30-17-31-52(54)60(53-34-36-18-5-6-19-38(36)56-55(53)44-24-11-13-26-46(44)58(56,3)4)37-32-33-42-41-22-9-16-29-49(41)59(51(42)35-37)47-27-14-7-20-39(47)40-21-8-15-28-48(40)59/h5-35H,1-4H3. The minimum absolute atomic E-state index is 0.144. The molecule has 0 saturated heterocycles. The lowest BCUT2D eigenvalue weighted by molar-refractivity contribution is 0.660. The Balaban J connectivity index is 1.18. The molecule has 0 radical (unpaired) electrons. The predicted octanol–water partition coefficient (Wildman–Crippen LogP) is 15.3. The fourth-order valence-corrected chi connectivity index (χ4v) is 12.4. The van der Waals surface area contributed by atoms with Gasteiger partial charge in [-0.05, 0) is 113 Å². The van der Waals surface area contributed by atoms with E-state index in [0.29, 0.717) is 0 Å². The molecule has 0 atom stereocenters. The van der Waals surface area contributed by atoms with Crippen LogP contribution >= 0.6 is 0 Å². The molecule has 4 aliphatic carbocycles. The van der Waals surface area contributed by atoms with E-state index in [-0.39, 0.29) is 10.8 Å². The minimum atomic E-state index is -0.450. The molecule has 0 aromatic heterocycles. The van der Waals surface area contributed by atoms with Crippen molar-refractivity contribution in [3.8, 4) is 44.5 Å². The van der Waals surface area contributed by atoms with E-state index in [2.05, 4.69) is 221 Å². The van der Waals surface area contributed by atoms with Crippen molar-refractivity contribution in [2.45, 2.75) is 43.9 Å². The minimum Gasteiger partial charge on any atom is -0.309 e. The highest BCUT2D eigenvalue weighted by atomic mass is 15.1. The Morgan fingerprint density at radius 2 is 0.817 bits per heavy atom. The number of nitrogens with zero attached hydrogens (tertiary/aromatic N) is 1. The summed E-state index contributed by atoms with van der Waals surface area (Å²) < 4.78 is 0. The van der Waals surface area contributed by atoms with Gasteiger partial charge in [-0.15, -0.1) is 0 Å². The second-order valence-electron chi connectivity index (χ2n) is 18.4. The van der Waals surface area contributed by atoms with Gasteiger partial charge in [-0.25, -0.2) is 0 Å². The van der Waals surface area contributed by atoms with Gasteiger partial charge in [0.1, 0.15) is 0 Å². The monoisotopic (exact) mass is 765 g/mol. The smallest absolute Gasteiger partial charge is 0.0726 e. The molecule has 4 aliphatic rings. The van der Waals surface area contributed by atoms with Crippen LogP contribution in [0.25, 0.3) is 55.3 Å². The van der Waals surface area contributed by atoms with Crippen LogP contribution in [0.15, 0.2) is 188 Å². The fourth-order valence-electron chi connectivity index (χ4n) is 12.4. The summed E-state index contributed by atoms with van der Waals surface area (Å²) in [6.07, 6.45) is 0. The van der Waals surface area contributed by atoms with Crippen LogP contribution in [0.4, 0.5) is 17.1 Å². The number of hydrogen-bond acceptors (Lipinski definition) is 1. The Morgan fingerprint density at radius 1 is 0.333 bits per heavy atom. The van der Waals surface area contributed by atoms with E-state index in [1.54, 1.807) is 0 Å². The number of benzene rings is 9. The lowest BCUT2D eigenvalue weighted by Crippen LogP contribution is -2.26. The summed E-state index contributed by atoms with van der Waals surface area (Å²) in [7, 11) is 0. The summed E-state index contributed by atoms with van der Waals surface area (Å²) in [5, 5.41) is 2.58. The van der Waals surface area contributed by atoms with Crippen LogP contribution in [0.2, 0.25) is 0 Å². The molecule has 1 spiro atoms. The molecule has 0 unspecified atom stereocenters. The van der Waals surface area contributed by atoms with Crippen LogP contribution in [-0.4, -0.2) is 0 Å². The van der Waals surface area contributed by atoms with Crippen molar-refractivity contribution >= 4 is 27.8 Å². The zero-order valence-electron chi connectivity index (χ0n) is 34.3. The molecule has 13 rings (SSSR count). The molecule has 0 bridgehead atoms. The molecule has 0 N–H and O–H groups in total. The molecule has 0 heterocycles. The summed E-state index contributed by atoms with van der Waals surface area (Å²) >= 11 is 0.